The molecule has 0 saturated heterocycles. The van der Waals surface area contributed by atoms with Crippen molar-refractivity contribution in [1.29, 1.82) is 0 Å². The number of nitrogens with one attached hydrogen (secondary N) is 1. The molecule has 0 spiro atoms. The van der Waals surface area contributed by atoms with E-state index in [0.717, 1.165) is 7.11 Å². The van der Waals surface area contributed by atoms with E-state index in [1.807, 2.05) is 14.1 Å². The Labute approximate surface area is 316 Å². The van der Waals surface area contributed by atoms with Gasteiger partial charge in [-0.15, -0.1) is 12.4 Å². The molecular formula is C41H91ClN2O4S. The number of hydrogen-bond acceptors (Lipinski definition) is 5. The molecule has 0 fully saturated rings. The van der Waals surface area contributed by atoms with E-state index in [4.69, 9.17) is 0 Å². The minimum Gasteiger partial charge on any atom is -0.726 e. The summed E-state index contributed by atoms with van der Waals surface area (Å²) in [6, 6.07) is 0. The van der Waals surface area contributed by atoms with E-state index in [-0.39, 0.29) is 12.4 Å². The van der Waals surface area contributed by atoms with Crippen LogP contribution in [0.2, 0.25) is 0 Å². The first-order valence-electron chi connectivity index (χ1n) is 21.0. The molecule has 0 bridgehead atoms. The molecule has 0 aliphatic rings. The maximum absolute atomic E-state index is 9.22. The Bertz CT molecular complexity index is 642. The summed E-state index contributed by atoms with van der Waals surface area (Å²) in [6.07, 6.45) is 46.9. The molecule has 0 heterocycles. The highest BCUT2D eigenvalue weighted by molar-refractivity contribution is 7.80. The Kier molecular flexibility index (Phi) is 52.5. The van der Waals surface area contributed by atoms with Crippen molar-refractivity contribution >= 4 is 22.8 Å². The zero-order chi connectivity index (χ0) is 36.5. The van der Waals surface area contributed by atoms with Crippen LogP contribution in [0.4, 0.5) is 0 Å². The number of rotatable bonds is 35. The molecule has 0 rings (SSSR count). The van der Waals surface area contributed by atoms with Gasteiger partial charge in [-0.1, -0.05) is 194 Å². The Hall–Kier alpha value is 0.0800. The standard InChI is InChI=1S/C38H80N.C2H7N.CH4O4S.ClH/c1-5-7-9-11-13-15-17-19-21-23-25-27-29-31-33-35-37-39(3,4)38-36-34-32-30-28-26-24-22-20-18-16-14-12-10-8-6-2;1-3-2;1-5-6(2,3)4;/h5-38H2,1-4H3;3H,1-2H3;1H3,(H,2,3,4);1H/q+1;;;/p-1. The van der Waals surface area contributed by atoms with Gasteiger partial charge in [0.25, 0.3) is 0 Å². The van der Waals surface area contributed by atoms with Gasteiger partial charge in [0.05, 0.1) is 34.3 Å². The van der Waals surface area contributed by atoms with Crippen molar-refractivity contribution in [2.45, 2.75) is 219 Å². The largest absolute Gasteiger partial charge is 0.726 e. The highest BCUT2D eigenvalue weighted by atomic mass is 35.5. The highest BCUT2D eigenvalue weighted by Crippen LogP contribution is 2.16. The lowest BCUT2D eigenvalue weighted by atomic mass is 10.0. The highest BCUT2D eigenvalue weighted by Gasteiger charge is 2.13. The second-order valence-corrected chi connectivity index (χ2v) is 16.2. The predicted octanol–water partition coefficient (Wildman–Crippen LogP) is 12.9. The minimum absolute atomic E-state index is 0. The summed E-state index contributed by atoms with van der Waals surface area (Å²) >= 11 is 0. The van der Waals surface area contributed by atoms with Crippen molar-refractivity contribution in [3.63, 3.8) is 0 Å². The number of hydrogen-bond donors (Lipinski definition) is 1. The van der Waals surface area contributed by atoms with Gasteiger partial charge in [0.2, 0.25) is 10.4 Å². The van der Waals surface area contributed by atoms with Gasteiger partial charge in [-0.3, -0.25) is 4.18 Å². The van der Waals surface area contributed by atoms with Crippen molar-refractivity contribution in [2.24, 2.45) is 0 Å². The molecule has 8 heteroatoms. The smallest absolute Gasteiger partial charge is 0.217 e. The molecule has 0 aromatic rings. The van der Waals surface area contributed by atoms with Crippen LogP contribution in [0, 0.1) is 0 Å². The first-order chi connectivity index (χ1) is 23.1. The van der Waals surface area contributed by atoms with E-state index in [2.05, 4.69) is 37.4 Å². The van der Waals surface area contributed by atoms with Gasteiger partial charge in [0.1, 0.15) is 0 Å². The van der Waals surface area contributed by atoms with Crippen LogP contribution >= 0.6 is 12.4 Å². The van der Waals surface area contributed by atoms with Crippen LogP contribution in [0.15, 0.2) is 0 Å². The van der Waals surface area contributed by atoms with Gasteiger partial charge < -0.3 is 14.4 Å². The first-order valence-corrected chi connectivity index (χ1v) is 22.3. The van der Waals surface area contributed by atoms with Crippen LogP contribution < -0.4 is 5.32 Å². The molecular weight excluding hydrogens is 652 g/mol. The molecule has 0 radical (unpaired) electrons. The molecule has 0 aliphatic carbocycles. The van der Waals surface area contributed by atoms with Crippen LogP contribution in [0.5, 0.6) is 0 Å². The van der Waals surface area contributed by atoms with Crippen LogP contribution in [-0.4, -0.2) is 65.8 Å². The molecule has 1 N–H and O–H groups in total. The zero-order valence-electron chi connectivity index (χ0n) is 34.4. The predicted molar refractivity (Wildman–Crippen MR) is 220 cm³/mol. The molecule has 0 saturated carbocycles. The summed E-state index contributed by atoms with van der Waals surface area (Å²) in [5, 5.41) is 2.75. The molecule has 0 atom stereocenters. The van der Waals surface area contributed by atoms with E-state index in [0.29, 0.717) is 0 Å². The van der Waals surface area contributed by atoms with Crippen molar-refractivity contribution in [1.82, 2.24) is 5.32 Å². The van der Waals surface area contributed by atoms with E-state index in [1.54, 1.807) is 0 Å². The fourth-order valence-corrected chi connectivity index (χ4v) is 6.29. The molecule has 0 unspecified atom stereocenters. The monoisotopic (exact) mass is 743 g/mol. The molecule has 302 valence electrons. The molecule has 0 aliphatic heterocycles. The third kappa shape index (κ3) is 60.5. The normalized spacial score (nSPS) is 11.3. The Morgan fingerprint density at radius 1 is 0.449 bits per heavy atom. The molecule has 0 aromatic heterocycles. The third-order valence-electron chi connectivity index (χ3n) is 9.44. The summed E-state index contributed by atoms with van der Waals surface area (Å²) in [4.78, 5) is 0. The van der Waals surface area contributed by atoms with Crippen molar-refractivity contribution < 1.29 is 21.6 Å². The first kappa shape index (κ1) is 55.8. The number of halogens is 1. The average Bonchev–Trinajstić information content (AvgIpc) is 3.04. The van der Waals surface area contributed by atoms with Crippen LogP contribution in [0.3, 0.4) is 0 Å². The quantitative estimate of drug-likeness (QED) is 0.0303. The number of unbranched alkanes of at least 4 members (excludes halogenated alkanes) is 30. The fraction of sp³-hybridized carbons (Fsp3) is 1.00. The Balaban J connectivity index is -0.000000891. The summed E-state index contributed by atoms with van der Waals surface area (Å²) in [5.41, 5.74) is 0. The van der Waals surface area contributed by atoms with Crippen molar-refractivity contribution in [3.05, 3.63) is 0 Å². The van der Waals surface area contributed by atoms with Gasteiger partial charge in [0, 0.05) is 0 Å². The van der Waals surface area contributed by atoms with Crippen LogP contribution in [0.1, 0.15) is 219 Å². The molecule has 6 nitrogen and oxygen atoms in total. The minimum atomic E-state index is -4.41. The Morgan fingerprint density at radius 2 is 0.592 bits per heavy atom. The van der Waals surface area contributed by atoms with Gasteiger partial charge in [-0.25, -0.2) is 8.42 Å². The molecule has 49 heavy (non-hydrogen) atoms. The summed E-state index contributed by atoms with van der Waals surface area (Å²) in [5.74, 6) is 0. The van der Waals surface area contributed by atoms with Crippen molar-refractivity contribution in [2.75, 3.05) is 48.4 Å². The van der Waals surface area contributed by atoms with Crippen LogP contribution in [-0.2, 0) is 14.6 Å². The Morgan fingerprint density at radius 3 is 0.735 bits per heavy atom. The summed E-state index contributed by atoms with van der Waals surface area (Å²) in [6.45, 7) is 7.39. The van der Waals surface area contributed by atoms with Gasteiger partial charge in [-0.2, -0.15) is 0 Å². The van der Waals surface area contributed by atoms with E-state index in [9.17, 15) is 13.0 Å². The topological polar surface area (TPSA) is 78.5 Å². The maximum Gasteiger partial charge on any atom is 0.217 e. The van der Waals surface area contributed by atoms with Gasteiger partial charge in [-0.05, 0) is 39.8 Å². The summed E-state index contributed by atoms with van der Waals surface area (Å²) < 4.78 is 32.3. The summed E-state index contributed by atoms with van der Waals surface area (Å²) in [7, 11) is 5.08. The van der Waals surface area contributed by atoms with E-state index >= 15 is 0 Å². The lowest BCUT2D eigenvalue weighted by molar-refractivity contribution is -0.890. The second kappa shape index (κ2) is 46.1. The molecule has 0 amide bonds. The lowest BCUT2D eigenvalue weighted by Gasteiger charge is -2.30. The van der Waals surface area contributed by atoms with Gasteiger partial charge in [0.15, 0.2) is 0 Å². The van der Waals surface area contributed by atoms with Gasteiger partial charge >= 0.3 is 0 Å². The average molecular weight is 744 g/mol. The zero-order valence-corrected chi connectivity index (χ0v) is 36.1. The van der Waals surface area contributed by atoms with Crippen LogP contribution in [0.25, 0.3) is 0 Å². The second-order valence-electron chi connectivity index (χ2n) is 15.1. The maximum atomic E-state index is 9.22. The molecule has 0 aromatic carbocycles. The fourth-order valence-electron chi connectivity index (χ4n) is 6.29. The van der Waals surface area contributed by atoms with E-state index < -0.39 is 10.4 Å². The number of nitrogens with zero attached hydrogens (tertiary/aromatic N) is 1. The van der Waals surface area contributed by atoms with E-state index in [1.165, 1.54) is 223 Å². The lowest BCUT2D eigenvalue weighted by Crippen LogP contribution is -2.41. The third-order valence-corrected chi connectivity index (χ3v) is 9.85. The van der Waals surface area contributed by atoms with Crippen molar-refractivity contribution in [3.8, 4) is 0 Å². The number of quaternary nitrogens is 1. The SMILES string of the molecule is CCCCCCCCCCCCCCCCCC[N+](C)(C)CCCCCCCCCCCCCCCCCC.CNC.COS(=O)(=O)[O-].Cl.